The zero-order valence-corrected chi connectivity index (χ0v) is 8.08. The molecule has 75 valence electrons. The Morgan fingerprint density at radius 3 is 3.00 bits per heavy atom. The van der Waals surface area contributed by atoms with Crippen LogP contribution in [0.2, 0.25) is 0 Å². The second-order valence-electron chi connectivity index (χ2n) is 3.54. The van der Waals surface area contributed by atoms with Crippen LogP contribution in [0.1, 0.15) is 19.8 Å². The summed E-state index contributed by atoms with van der Waals surface area (Å²) < 4.78 is 0. The minimum Gasteiger partial charge on any atom is -0.352 e. The number of rotatable bonds is 3. The van der Waals surface area contributed by atoms with E-state index in [1.807, 2.05) is 0 Å². The van der Waals surface area contributed by atoms with Crippen LogP contribution in [0.3, 0.4) is 0 Å². The maximum absolute atomic E-state index is 10.8. The van der Waals surface area contributed by atoms with Crippen LogP contribution in [0.15, 0.2) is 0 Å². The first-order chi connectivity index (χ1) is 6.22. The van der Waals surface area contributed by atoms with Gasteiger partial charge in [0.2, 0.25) is 5.91 Å². The average Bonchev–Trinajstić information content (AvgIpc) is 2.04. The van der Waals surface area contributed by atoms with Crippen LogP contribution < -0.4 is 5.32 Å². The van der Waals surface area contributed by atoms with Crippen molar-refractivity contribution in [3.63, 3.8) is 0 Å². The Labute approximate surface area is 78.9 Å². The highest BCUT2D eigenvalue weighted by Crippen LogP contribution is 2.09. The molecule has 4 nitrogen and oxygen atoms in total. The topological polar surface area (TPSA) is 52.2 Å². The van der Waals surface area contributed by atoms with Crippen LogP contribution in [0.4, 0.5) is 0 Å². The lowest BCUT2D eigenvalue weighted by molar-refractivity contribution is -0.120. The Kier molecular flexibility index (Phi) is 4.18. The summed E-state index contributed by atoms with van der Waals surface area (Å²) in [5.41, 5.74) is 0. The van der Waals surface area contributed by atoms with E-state index in [0.29, 0.717) is 6.54 Å². The summed E-state index contributed by atoms with van der Waals surface area (Å²) in [5, 5.41) is 13.3. The number of hydrogen-bond acceptors (Lipinski definition) is 2. The molecule has 1 rings (SSSR count). The number of amides is 1. The summed E-state index contributed by atoms with van der Waals surface area (Å²) in [7, 11) is 0. The standard InChI is InChI=1S/C9H17N2O2/c1-8(13)10-9-3-2-4-11(7-9)5-6-12/h9H,2-7H2,1H3,(H,10,13). The Hall–Kier alpha value is -0.610. The first kappa shape index (κ1) is 10.5. The Morgan fingerprint density at radius 1 is 1.62 bits per heavy atom. The summed E-state index contributed by atoms with van der Waals surface area (Å²) in [4.78, 5) is 12.9. The average molecular weight is 185 g/mol. The van der Waals surface area contributed by atoms with Gasteiger partial charge in [-0.2, -0.15) is 0 Å². The number of piperidine rings is 1. The fourth-order valence-corrected chi connectivity index (χ4v) is 1.79. The number of carbonyl (C=O) groups is 1. The zero-order chi connectivity index (χ0) is 9.68. The van der Waals surface area contributed by atoms with Gasteiger partial charge >= 0.3 is 0 Å². The van der Waals surface area contributed by atoms with Gasteiger partial charge in [0.15, 0.2) is 0 Å². The van der Waals surface area contributed by atoms with E-state index in [-0.39, 0.29) is 18.6 Å². The predicted octanol–water partition coefficient (Wildman–Crippen LogP) is 0.0174. The van der Waals surface area contributed by atoms with Crippen LogP contribution in [0.5, 0.6) is 0 Å². The maximum Gasteiger partial charge on any atom is 0.217 e. The van der Waals surface area contributed by atoms with Gasteiger partial charge in [-0.1, -0.05) is 0 Å². The highest BCUT2D eigenvalue weighted by atomic mass is 16.3. The van der Waals surface area contributed by atoms with Gasteiger partial charge in [0, 0.05) is 26.1 Å². The molecule has 1 N–H and O–H groups in total. The highest BCUT2D eigenvalue weighted by molar-refractivity contribution is 5.73. The van der Waals surface area contributed by atoms with Crippen molar-refractivity contribution in [3.05, 3.63) is 0 Å². The largest absolute Gasteiger partial charge is 0.352 e. The lowest BCUT2D eigenvalue weighted by Gasteiger charge is -2.32. The normalized spacial score (nSPS) is 24.3. The lowest BCUT2D eigenvalue weighted by Crippen LogP contribution is -2.47. The van der Waals surface area contributed by atoms with Crippen LogP contribution in [-0.4, -0.2) is 43.1 Å². The summed E-state index contributed by atoms with van der Waals surface area (Å²) in [6, 6.07) is 0.248. The second kappa shape index (κ2) is 5.19. The minimum absolute atomic E-state index is 0.0222. The zero-order valence-electron chi connectivity index (χ0n) is 8.08. The molecular weight excluding hydrogens is 168 g/mol. The molecule has 1 radical (unpaired) electrons. The van der Waals surface area contributed by atoms with E-state index in [0.717, 1.165) is 25.9 Å². The number of likely N-dealkylation sites (tertiary alicyclic amines) is 1. The predicted molar refractivity (Wildman–Crippen MR) is 48.8 cm³/mol. The SMILES string of the molecule is CC(=O)NC1CCCN(CC[O])C1. The van der Waals surface area contributed by atoms with E-state index in [2.05, 4.69) is 10.2 Å². The third kappa shape index (κ3) is 3.74. The van der Waals surface area contributed by atoms with E-state index in [1.54, 1.807) is 0 Å². The van der Waals surface area contributed by atoms with E-state index in [9.17, 15) is 9.90 Å². The van der Waals surface area contributed by atoms with E-state index in [1.165, 1.54) is 6.92 Å². The van der Waals surface area contributed by atoms with Gasteiger partial charge in [-0.05, 0) is 19.4 Å². The molecule has 0 aromatic rings. The monoisotopic (exact) mass is 185 g/mol. The maximum atomic E-state index is 10.8. The fraction of sp³-hybridized carbons (Fsp3) is 0.889. The van der Waals surface area contributed by atoms with Crippen molar-refractivity contribution in [2.24, 2.45) is 0 Å². The van der Waals surface area contributed by atoms with Crippen molar-refractivity contribution in [1.29, 1.82) is 0 Å². The molecule has 0 aromatic heterocycles. The molecule has 0 aliphatic carbocycles. The van der Waals surface area contributed by atoms with Crippen molar-refractivity contribution in [1.82, 2.24) is 10.2 Å². The summed E-state index contributed by atoms with van der Waals surface area (Å²) in [5.74, 6) is 0.0222. The van der Waals surface area contributed by atoms with E-state index in [4.69, 9.17) is 0 Å². The van der Waals surface area contributed by atoms with Crippen LogP contribution >= 0.6 is 0 Å². The Morgan fingerprint density at radius 2 is 2.38 bits per heavy atom. The van der Waals surface area contributed by atoms with Crippen LogP contribution in [0, 0.1) is 0 Å². The van der Waals surface area contributed by atoms with Gasteiger partial charge < -0.3 is 5.32 Å². The molecule has 4 heteroatoms. The van der Waals surface area contributed by atoms with Crippen molar-refractivity contribution in [2.45, 2.75) is 25.8 Å². The molecule has 0 saturated carbocycles. The Balaban J connectivity index is 2.28. The molecule has 13 heavy (non-hydrogen) atoms. The number of hydrogen-bond donors (Lipinski definition) is 1. The second-order valence-corrected chi connectivity index (χ2v) is 3.54. The van der Waals surface area contributed by atoms with Crippen molar-refractivity contribution < 1.29 is 9.90 Å². The lowest BCUT2D eigenvalue weighted by atomic mass is 10.1. The van der Waals surface area contributed by atoms with Crippen molar-refractivity contribution in [3.8, 4) is 0 Å². The highest BCUT2D eigenvalue weighted by Gasteiger charge is 2.19. The Bertz CT molecular complexity index is 171. The molecule has 1 unspecified atom stereocenters. The van der Waals surface area contributed by atoms with Crippen molar-refractivity contribution in [2.75, 3.05) is 26.2 Å². The van der Waals surface area contributed by atoms with Gasteiger partial charge in [0.25, 0.3) is 0 Å². The molecular formula is C9H17N2O2. The first-order valence-electron chi connectivity index (χ1n) is 4.80. The summed E-state index contributed by atoms with van der Waals surface area (Å²) in [6.07, 6.45) is 2.11. The van der Waals surface area contributed by atoms with E-state index >= 15 is 0 Å². The van der Waals surface area contributed by atoms with E-state index < -0.39 is 0 Å². The minimum atomic E-state index is -0.0488. The smallest absolute Gasteiger partial charge is 0.217 e. The molecule has 1 heterocycles. The number of carbonyl (C=O) groups excluding carboxylic acids is 1. The summed E-state index contributed by atoms with van der Waals surface area (Å²) in [6.45, 7) is 3.93. The molecule has 1 fully saturated rings. The molecule has 1 saturated heterocycles. The molecule has 0 bridgehead atoms. The molecule has 0 spiro atoms. The molecule has 1 aliphatic heterocycles. The van der Waals surface area contributed by atoms with Gasteiger partial charge in [-0.25, -0.2) is 5.11 Å². The quantitative estimate of drug-likeness (QED) is 0.673. The molecule has 1 amide bonds. The third-order valence-corrected chi connectivity index (χ3v) is 2.32. The van der Waals surface area contributed by atoms with Gasteiger partial charge in [-0.3, -0.25) is 9.69 Å². The number of nitrogens with one attached hydrogen (secondary N) is 1. The third-order valence-electron chi connectivity index (χ3n) is 2.32. The van der Waals surface area contributed by atoms with Crippen LogP contribution in [-0.2, 0) is 9.90 Å². The van der Waals surface area contributed by atoms with Gasteiger partial charge in [-0.15, -0.1) is 0 Å². The molecule has 1 atom stereocenters. The number of nitrogens with zero attached hydrogens (tertiary/aromatic N) is 1. The van der Waals surface area contributed by atoms with Crippen LogP contribution in [0.25, 0.3) is 0 Å². The van der Waals surface area contributed by atoms with Gasteiger partial charge in [0.1, 0.15) is 0 Å². The first-order valence-corrected chi connectivity index (χ1v) is 4.80. The summed E-state index contributed by atoms with van der Waals surface area (Å²) >= 11 is 0. The van der Waals surface area contributed by atoms with Gasteiger partial charge in [0.05, 0.1) is 6.61 Å². The molecule has 1 aliphatic rings. The van der Waals surface area contributed by atoms with Crippen molar-refractivity contribution >= 4 is 5.91 Å². The molecule has 0 aromatic carbocycles. The fourth-order valence-electron chi connectivity index (χ4n) is 1.79.